The highest BCUT2D eigenvalue weighted by Gasteiger charge is 2.53. The molecule has 7 nitrogen and oxygen atoms in total. The number of likely N-dealkylation sites (tertiary alicyclic amines) is 1. The van der Waals surface area contributed by atoms with Gasteiger partial charge in [-0.15, -0.1) is 4.80 Å². The summed E-state index contributed by atoms with van der Waals surface area (Å²) in [6.07, 6.45) is -4.06. The lowest BCUT2D eigenvalue weighted by atomic mass is 9.98. The van der Waals surface area contributed by atoms with Crippen molar-refractivity contribution in [3.63, 3.8) is 0 Å². The number of hydrogen-bond donors (Lipinski definition) is 0. The Morgan fingerprint density at radius 3 is 2.61 bits per heavy atom. The number of para-hydroxylation sites is 1. The molecule has 0 N–H and O–H groups in total. The highest BCUT2D eigenvalue weighted by Crippen LogP contribution is 2.45. The number of carbonyl (C=O) groups excluding carboxylic acids is 1. The third kappa shape index (κ3) is 3.70. The molecule has 0 spiro atoms. The lowest BCUT2D eigenvalue weighted by Crippen LogP contribution is -2.51. The van der Waals surface area contributed by atoms with Crippen LogP contribution in [0.15, 0.2) is 48.9 Å². The highest BCUT2D eigenvalue weighted by molar-refractivity contribution is 5.98. The molecule has 172 valence electrons. The zero-order chi connectivity index (χ0) is 25.1. The fourth-order valence-electron chi connectivity index (χ4n) is 4.42. The van der Waals surface area contributed by atoms with Crippen LogP contribution in [0.4, 0.5) is 17.6 Å². The number of rotatable bonds is 4. The third-order valence-electron chi connectivity index (χ3n) is 5.98. The second-order valence-electron chi connectivity index (χ2n) is 7.91. The van der Waals surface area contributed by atoms with Crippen molar-refractivity contribution in [1.82, 2.24) is 24.9 Å². The van der Waals surface area contributed by atoms with Gasteiger partial charge >= 0.3 is 6.18 Å². The van der Waals surface area contributed by atoms with E-state index in [1.165, 1.54) is 35.5 Å². The number of carbonyl (C=O) groups is 1. The summed E-state index contributed by atoms with van der Waals surface area (Å²) in [7, 11) is 0. The Balaban J connectivity index is 1.47. The minimum absolute atomic E-state index is 0.00688. The molecule has 2 aliphatic rings. The monoisotopic (exact) mass is 463 g/mol. The molecule has 5 rings (SSSR count). The van der Waals surface area contributed by atoms with Crippen molar-refractivity contribution in [1.29, 1.82) is 0 Å². The lowest BCUT2D eigenvalue weighted by Gasteiger charge is -2.38. The fraction of sp³-hybridized carbons (Fsp3) is 0.364. The summed E-state index contributed by atoms with van der Waals surface area (Å²) in [5, 5.41) is 7.85. The standard InChI is InChI=1S/C22H19F4N5O2/c1-12-13-9-17(18(10-13)33-19-6-5-14(11-27-19)22(24,25)26)30(12)21(32)15-3-2-4-16(23)20(15)31-28-7-8-29-31/h2-8,11-13,17-18H,9-10H2,1H3/t12-,13-,17+,18-/m1/s1/i10D2. The van der Waals surface area contributed by atoms with Gasteiger partial charge in [0, 0.05) is 21.0 Å². The van der Waals surface area contributed by atoms with E-state index < -0.39 is 53.9 Å². The van der Waals surface area contributed by atoms with Crippen LogP contribution in [0.5, 0.6) is 5.88 Å². The van der Waals surface area contributed by atoms with E-state index in [4.69, 9.17) is 7.48 Å². The van der Waals surface area contributed by atoms with Gasteiger partial charge in [-0.3, -0.25) is 4.79 Å². The SMILES string of the molecule is [2H]C1([2H])[C@H]2C[C@@H]([C@@H]1Oc1ccc(C(F)(F)F)cn1)N(C(=O)c1cccc(F)c1-n1nccn1)[C@@H]2C. The Kier molecular flexibility index (Phi) is 4.51. The fourth-order valence-corrected chi connectivity index (χ4v) is 4.42. The van der Waals surface area contributed by atoms with Crippen LogP contribution in [0.1, 0.15) is 38.4 Å². The number of fused-ring (bicyclic) bond motifs is 2. The molecule has 11 heteroatoms. The number of pyridine rings is 1. The molecule has 33 heavy (non-hydrogen) atoms. The van der Waals surface area contributed by atoms with Crippen LogP contribution in [-0.2, 0) is 6.18 Å². The highest BCUT2D eigenvalue weighted by atomic mass is 19.4. The molecule has 2 aromatic heterocycles. The summed E-state index contributed by atoms with van der Waals surface area (Å²) in [4.78, 5) is 19.8. The van der Waals surface area contributed by atoms with E-state index in [-0.39, 0.29) is 23.6 Å². The van der Waals surface area contributed by atoms with Gasteiger partial charge in [-0.25, -0.2) is 9.37 Å². The van der Waals surface area contributed by atoms with E-state index in [1.807, 2.05) is 0 Å². The van der Waals surface area contributed by atoms with E-state index >= 15 is 0 Å². The first-order valence-electron chi connectivity index (χ1n) is 11.2. The normalized spacial score (nSPS) is 26.8. The number of amides is 1. The molecule has 3 aromatic rings. The lowest BCUT2D eigenvalue weighted by molar-refractivity contribution is -0.137. The average Bonchev–Trinajstić information content (AvgIpc) is 3.49. The number of aromatic nitrogens is 4. The predicted molar refractivity (Wildman–Crippen MR) is 107 cm³/mol. The van der Waals surface area contributed by atoms with Gasteiger partial charge in [0.25, 0.3) is 5.91 Å². The van der Waals surface area contributed by atoms with Gasteiger partial charge in [-0.1, -0.05) is 6.07 Å². The van der Waals surface area contributed by atoms with Crippen LogP contribution in [0.2, 0.25) is 0 Å². The van der Waals surface area contributed by atoms with Gasteiger partial charge in [0.2, 0.25) is 5.88 Å². The van der Waals surface area contributed by atoms with Gasteiger partial charge in [0.1, 0.15) is 11.8 Å². The zero-order valence-electron chi connectivity index (χ0n) is 19.2. The van der Waals surface area contributed by atoms with Crippen molar-refractivity contribution < 1.29 is 29.8 Å². The van der Waals surface area contributed by atoms with E-state index in [1.54, 1.807) is 6.92 Å². The molecule has 0 radical (unpaired) electrons. The van der Waals surface area contributed by atoms with E-state index in [0.717, 1.165) is 16.9 Å². The summed E-state index contributed by atoms with van der Waals surface area (Å²) in [6, 6.07) is 4.53. The molecule has 0 unspecified atom stereocenters. The van der Waals surface area contributed by atoms with Gasteiger partial charge in [0.15, 0.2) is 5.82 Å². The van der Waals surface area contributed by atoms with Crippen molar-refractivity contribution in [2.75, 3.05) is 0 Å². The summed E-state index contributed by atoms with van der Waals surface area (Å²) in [5.41, 5.74) is -1.10. The Bertz CT molecular complexity index is 1250. The van der Waals surface area contributed by atoms with Gasteiger partial charge in [-0.2, -0.15) is 23.4 Å². The van der Waals surface area contributed by atoms with Crippen LogP contribution in [0.3, 0.4) is 0 Å². The maximum atomic E-state index is 14.7. The van der Waals surface area contributed by atoms with E-state index in [0.29, 0.717) is 6.20 Å². The number of alkyl halides is 3. The first-order chi connectivity index (χ1) is 16.5. The number of hydrogen-bond acceptors (Lipinski definition) is 5. The number of halogens is 4. The Labute approximate surface area is 188 Å². The van der Waals surface area contributed by atoms with Crippen molar-refractivity contribution in [3.8, 4) is 11.6 Å². The molecular formula is C22H19F4N5O2. The minimum atomic E-state index is -4.57. The van der Waals surface area contributed by atoms with Gasteiger partial charge < -0.3 is 9.64 Å². The molecule has 2 fully saturated rings. The van der Waals surface area contributed by atoms with Crippen LogP contribution >= 0.6 is 0 Å². The molecule has 1 aromatic carbocycles. The number of ether oxygens (including phenoxy) is 1. The second kappa shape index (κ2) is 7.82. The van der Waals surface area contributed by atoms with Crippen LogP contribution < -0.4 is 4.74 Å². The van der Waals surface area contributed by atoms with Crippen LogP contribution in [0, 0.1) is 11.7 Å². The van der Waals surface area contributed by atoms with E-state index in [2.05, 4.69) is 15.2 Å². The Morgan fingerprint density at radius 2 is 1.97 bits per heavy atom. The van der Waals surface area contributed by atoms with Crippen molar-refractivity contribution in [2.24, 2.45) is 5.92 Å². The Hall–Kier alpha value is -3.50. The van der Waals surface area contributed by atoms with E-state index in [9.17, 15) is 22.4 Å². The summed E-state index contributed by atoms with van der Waals surface area (Å²) >= 11 is 0. The number of nitrogens with zero attached hydrogens (tertiary/aromatic N) is 5. The smallest absolute Gasteiger partial charge is 0.417 e. The average molecular weight is 463 g/mol. The van der Waals surface area contributed by atoms with Crippen molar-refractivity contribution in [3.05, 3.63) is 65.9 Å². The Morgan fingerprint density at radius 1 is 1.21 bits per heavy atom. The van der Waals surface area contributed by atoms with Crippen LogP contribution in [0.25, 0.3) is 5.69 Å². The molecule has 4 atom stereocenters. The first-order valence-corrected chi connectivity index (χ1v) is 10.2. The molecular weight excluding hydrogens is 442 g/mol. The summed E-state index contributed by atoms with van der Waals surface area (Å²) in [5.74, 6) is -2.05. The van der Waals surface area contributed by atoms with Gasteiger partial charge in [-0.05, 0) is 43.8 Å². The molecule has 2 bridgehead atoms. The molecule has 1 aliphatic heterocycles. The molecule has 1 saturated heterocycles. The molecule has 3 heterocycles. The van der Waals surface area contributed by atoms with Gasteiger partial charge in [0.05, 0.1) is 29.6 Å². The zero-order valence-corrected chi connectivity index (χ0v) is 17.2. The minimum Gasteiger partial charge on any atom is -0.472 e. The molecule has 1 aliphatic carbocycles. The predicted octanol–water partition coefficient (Wildman–Crippen LogP) is 3.89. The molecule has 1 saturated carbocycles. The maximum Gasteiger partial charge on any atom is 0.417 e. The molecule has 1 amide bonds. The second-order valence-corrected chi connectivity index (χ2v) is 7.91. The van der Waals surface area contributed by atoms with Crippen molar-refractivity contribution in [2.45, 2.75) is 44.1 Å². The summed E-state index contributed by atoms with van der Waals surface area (Å²) < 4.78 is 76.2. The first kappa shape index (κ1) is 19.0. The topological polar surface area (TPSA) is 73.1 Å². The maximum absolute atomic E-state index is 14.7. The third-order valence-corrected chi connectivity index (χ3v) is 5.98. The largest absolute Gasteiger partial charge is 0.472 e. The number of piperidine rings is 1. The number of benzene rings is 1. The van der Waals surface area contributed by atoms with Crippen molar-refractivity contribution >= 4 is 5.91 Å². The quantitative estimate of drug-likeness (QED) is 0.549. The van der Waals surface area contributed by atoms with Crippen LogP contribution in [-0.4, -0.2) is 49.0 Å². The summed E-state index contributed by atoms with van der Waals surface area (Å²) in [6.45, 7) is 1.71.